The molecule has 2 aliphatic rings. The van der Waals surface area contributed by atoms with Crippen LogP contribution in [0.4, 0.5) is 10.1 Å². The van der Waals surface area contributed by atoms with Crippen molar-refractivity contribution in [1.29, 1.82) is 0 Å². The van der Waals surface area contributed by atoms with Crippen LogP contribution in [0.15, 0.2) is 59.6 Å². The number of rotatable bonds is 10. The van der Waals surface area contributed by atoms with E-state index in [1.807, 2.05) is 11.1 Å². The molecule has 0 N–H and O–H groups in total. The summed E-state index contributed by atoms with van der Waals surface area (Å²) in [7, 11) is 3.12. The number of methoxy groups -OCH3 is 2. The first-order valence-corrected chi connectivity index (χ1v) is 12.5. The van der Waals surface area contributed by atoms with Crippen LogP contribution in [0.1, 0.15) is 29.6 Å². The van der Waals surface area contributed by atoms with Crippen LogP contribution in [-0.4, -0.2) is 57.0 Å². The minimum absolute atomic E-state index is 0.0362. The second-order valence-corrected chi connectivity index (χ2v) is 8.93. The van der Waals surface area contributed by atoms with E-state index >= 15 is 0 Å². The Morgan fingerprint density at radius 2 is 1.66 bits per heavy atom. The third-order valence-electron chi connectivity index (χ3n) is 6.46. The number of nitrogens with zero attached hydrogens (tertiary/aromatic N) is 2. The summed E-state index contributed by atoms with van der Waals surface area (Å²) < 4.78 is 42.3. The van der Waals surface area contributed by atoms with Gasteiger partial charge in [0.1, 0.15) is 17.2 Å². The van der Waals surface area contributed by atoms with Crippen LogP contribution in [0.3, 0.4) is 0 Å². The molecule has 2 heterocycles. The fourth-order valence-corrected chi connectivity index (χ4v) is 4.48. The van der Waals surface area contributed by atoms with Gasteiger partial charge in [-0.25, -0.2) is 4.39 Å². The summed E-state index contributed by atoms with van der Waals surface area (Å²) in [5, 5.41) is 0. The van der Waals surface area contributed by atoms with E-state index in [1.165, 1.54) is 19.2 Å². The van der Waals surface area contributed by atoms with Crippen molar-refractivity contribution in [2.45, 2.75) is 25.3 Å². The zero-order chi connectivity index (χ0) is 26.5. The highest BCUT2D eigenvalue weighted by Gasteiger charge is 2.32. The first-order chi connectivity index (χ1) is 18.6. The van der Waals surface area contributed by atoms with Gasteiger partial charge in [0.2, 0.25) is 0 Å². The van der Waals surface area contributed by atoms with Crippen molar-refractivity contribution < 1.29 is 32.9 Å². The lowest BCUT2D eigenvalue weighted by atomic mass is 10.1. The molecule has 1 atom stereocenters. The number of fused-ring (bicyclic) bond motifs is 2. The third kappa shape index (κ3) is 5.51. The van der Waals surface area contributed by atoms with E-state index < -0.39 is 5.82 Å². The van der Waals surface area contributed by atoms with Crippen LogP contribution < -0.4 is 23.7 Å². The molecule has 3 aromatic rings. The normalized spacial score (nSPS) is 15.9. The second-order valence-electron chi connectivity index (χ2n) is 8.93. The maximum atomic E-state index is 14.5. The van der Waals surface area contributed by atoms with E-state index in [-0.39, 0.29) is 17.7 Å². The lowest BCUT2D eigenvalue weighted by Crippen LogP contribution is -2.35. The van der Waals surface area contributed by atoms with Crippen molar-refractivity contribution in [3.8, 4) is 34.5 Å². The van der Waals surface area contributed by atoms with Crippen molar-refractivity contribution in [3.63, 3.8) is 0 Å². The van der Waals surface area contributed by atoms with E-state index in [4.69, 9.17) is 23.7 Å². The predicted octanol–water partition coefficient (Wildman–Crippen LogP) is 5.80. The van der Waals surface area contributed by atoms with Crippen LogP contribution in [0.2, 0.25) is 0 Å². The first kappa shape index (κ1) is 25.4. The van der Waals surface area contributed by atoms with Gasteiger partial charge < -0.3 is 28.6 Å². The van der Waals surface area contributed by atoms with Gasteiger partial charge in [-0.2, -0.15) is 0 Å². The SMILES string of the molecule is COc1ccc(Oc2ccc(OCCCOc3cc4c(cc3OC)C(=O)N3CCC[C@H]3C=N4)cc2F)cc1. The molecule has 1 saturated heterocycles. The lowest BCUT2D eigenvalue weighted by Gasteiger charge is -2.20. The molecule has 9 heteroatoms. The molecule has 38 heavy (non-hydrogen) atoms. The van der Waals surface area contributed by atoms with Crippen molar-refractivity contribution in [2.24, 2.45) is 4.99 Å². The number of carbonyl (C=O) groups is 1. The number of hydrogen-bond donors (Lipinski definition) is 0. The van der Waals surface area contributed by atoms with Gasteiger partial charge in [-0.15, -0.1) is 0 Å². The number of aliphatic imine (C=N–C) groups is 1. The topological polar surface area (TPSA) is 78.8 Å². The zero-order valence-corrected chi connectivity index (χ0v) is 21.3. The molecule has 5 rings (SSSR count). The Hall–Kier alpha value is -4.27. The Morgan fingerprint density at radius 3 is 2.42 bits per heavy atom. The molecule has 0 aliphatic carbocycles. The van der Waals surface area contributed by atoms with Gasteiger partial charge in [0.15, 0.2) is 23.1 Å². The molecule has 0 radical (unpaired) electrons. The molecule has 0 saturated carbocycles. The van der Waals surface area contributed by atoms with Crippen LogP contribution in [0.5, 0.6) is 34.5 Å². The summed E-state index contributed by atoms with van der Waals surface area (Å²) in [5.74, 6) is 2.09. The quantitative estimate of drug-likeness (QED) is 0.314. The number of amides is 1. The largest absolute Gasteiger partial charge is 0.497 e. The molecule has 0 bridgehead atoms. The summed E-state index contributed by atoms with van der Waals surface area (Å²) in [6.45, 7) is 1.39. The molecule has 8 nitrogen and oxygen atoms in total. The highest BCUT2D eigenvalue weighted by atomic mass is 19.1. The standard InChI is InChI=1S/C29H29FN2O6/c1-34-20-6-8-21(9-7-20)38-26-11-10-22(15-24(26)30)36-13-4-14-37-28-17-25-23(16-27(28)35-2)29(33)32-12-3-5-19(32)18-31-25/h6-11,15-19H,3-5,12-14H2,1-2H3/t19-/m0/s1. The molecule has 0 spiro atoms. The summed E-state index contributed by atoms with van der Waals surface area (Å²) in [6, 6.07) is 14.8. The van der Waals surface area contributed by atoms with Gasteiger partial charge in [-0.3, -0.25) is 9.79 Å². The number of benzene rings is 3. The molecular formula is C29H29FN2O6. The van der Waals surface area contributed by atoms with Gasteiger partial charge >= 0.3 is 0 Å². The van der Waals surface area contributed by atoms with E-state index in [0.717, 1.165) is 19.4 Å². The smallest absolute Gasteiger partial charge is 0.256 e. The maximum absolute atomic E-state index is 14.5. The summed E-state index contributed by atoms with van der Waals surface area (Å²) in [4.78, 5) is 19.4. The first-order valence-electron chi connectivity index (χ1n) is 12.5. The maximum Gasteiger partial charge on any atom is 0.256 e. The van der Waals surface area contributed by atoms with E-state index in [0.29, 0.717) is 59.6 Å². The molecular weight excluding hydrogens is 491 g/mol. The number of halogens is 1. The van der Waals surface area contributed by atoms with E-state index in [1.54, 1.807) is 49.6 Å². The summed E-state index contributed by atoms with van der Waals surface area (Å²) in [6.07, 6.45) is 4.29. The van der Waals surface area contributed by atoms with Gasteiger partial charge in [0.05, 0.1) is 44.7 Å². The van der Waals surface area contributed by atoms with Gasteiger partial charge in [-0.05, 0) is 55.3 Å². The fraction of sp³-hybridized carbons (Fsp3) is 0.310. The van der Waals surface area contributed by atoms with Gasteiger partial charge in [-0.1, -0.05) is 0 Å². The van der Waals surface area contributed by atoms with Gasteiger partial charge in [0, 0.05) is 31.3 Å². The predicted molar refractivity (Wildman–Crippen MR) is 140 cm³/mol. The summed E-state index contributed by atoms with van der Waals surface area (Å²) >= 11 is 0. The second kappa shape index (κ2) is 11.4. The number of hydrogen-bond acceptors (Lipinski definition) is 7. The fourth-order valence-electron chi connectivity index (χ4n) is 4.48. The van der Waals surface area contributed by atoms with Crippen molar-refractivity contribution in [2.75, 3.05) is 34.0 Å². The molecule has 198 valence electrons. The Kier molecular flexibility index (Phi) is 7.62. The molecule has 1 fully saturated rings. The van der Waals surface area contributed by atoms with E-state index in [9.17, 15) is 9.18 Å². The molecule has 2 aliphatic heterocycles. The highest BCUT2D eigenvalue weighted by Crippen LogP contribution is 2.38. The Bertz CT molecular complexity index is 1330. The van der Waals surface area contributed by atoms with Crippen LogP contribution in [0, 0.1) is 5.82 Å². The molecule has 0 unspecified atom stereocenters. The van der Waals surface area contributed by atoms with Crippen LogP contribution in [0.25, 0.3) is 0 Å². The zero-order valence-electron chi connectivity index (χ0n) is 21.3. The average Bonchev–Trinajstić information content (AvgIpc) is 3.37. The van der Waals surface area contributed by atoms with Crippen molar-refractivity contribution in [3.05, 3.63) is 66.0 Å². The average molecular weight is 521 g/mol. The molecule has 3 aromatic carbocycles. The van der Waals surface area contributed by atoms with Crippen molar-refractivity contribution >= 4 is 17.8 Å². The monoisotopic (exact) mass is 520 g/mol. The van der Waals surface area contributed by atoms with Crippen LogP contribution >= 0.6 is 0 Å². The third-order valence-corrected chi connectivity index (χ3v) is 6.46. The van der Waals surface area contributed by atoms with Gasteiger partial charge in [0.25, 0.3) is 5.91 Å². The molecule has 0 aromatic heterocycles. The lowest BCUT2D eigenvalue weighted by molar-refractivity contribution is 0.0774. The van der Waals surface area contributed by atoms with Crippen molar-refractivity contribution in [1.82, 2.24) is 4.90 Å². The summed E-state index contributed by atoms with van der Waals surface area (Å²) in [5.41, 5.74) is 1.09. The number of carbonyl (C=O) groups excluding carboxylic acids is 1. The number of ether oxygens (including phenoxy) is 5. The minimum atomic E-state index is -0.528. The minimum Gasteiger partial charge on any atom is -0.497 e. The Balaban J connectivity index is 1.14. The Labute approximate surface area is 220 Å². The van der Waals surface area contributed by atoms with Crippen LogP contribution in [-0.2, 0) is 0 Å². The highest BCUT2D eigenvalue weighted by molar-refractivity contribution is 6.03. The molecule has 1 amide bonds. The van der Waals surface area contributed by atoms with E-state index in [2.05, 4.69) is 4.99 Å². The Morgan fingerprint density at radius 1 is 0.895 bits per heavy atom.